The summed E-state index contributed by atoms with van der Waals surface area (Å²) in [5, 5.41) is 0.565. The predicted octanol–water partition coefficient (Wildman–Crippen LogP) is 5.34. The van der Waals surface area contributed by atoms with Gasteiger partial charge < -0.3 is 19.3 Å². The molecule has 2 aromatic carbocycles. The van der Waals surface area contributed by atoms with Crippen molar-refractivity contribution in [3.8, 4) is 11.5 Å². The lowest BCUT2D eigenvalue weighted by atomic mass is 9.98. The topological polar surface area (TPSA) is 42.0 Å². The first-order valence-corrected chi connectivity index (χ1v) is 12.2. The molecule has 32 heavy (non-hydrogen) atoms. The van der Waals surface area contributed by atoms with Gasteiger partial charge in [0.15, 0.2) is 0 Å². The number of nitrogens with zero attached hydrogens (tertiary/aromatic N) is 2. The van der Waals surface area contributed by atoms with Crippen LogP contribution in [0.1, 0.15) is 54.9 Å². The number of carbonyl (C=O) groups excluding carboxylic acids is 1. The maximum atomic E-state index is 13.2. The summed E-state index contributed by atoms with van der Waals surface area (Å²) in [5.41, 5.74) is 2.59. The van der Waals surface area contributed by atoms with Gasteiger partial charge in [-0.25, -0.2) is 0 Å². The van der Waals surface area contributed by atoms with Gasteiger partial charge in [0.05, 0.1) is 11.6 Å². The second-order valence-electron chi connectivity index (χ2n) is 9.25. The maximum Gasteiger partial charge on any atom is 0.258 e. The molecular formula is C26H31ClN2O3. The van der Waals surface area contributed by atoms with Crippen molar-refractivity contribution in [2.45, 2.75) is 63.6 Å². The van der Waals surface area contributed by atoms with Gasteiger partial charge >= 0.3 is 0 Å². The quantitative estimate of drug-likeness (QED) is 0.591. The van der Waals surface area contributed by atoms with Crippen LogP contribution in [0, 0.1) is 0 Å². The first-order valence-electron chi connectivity index (χ1n) is 11.8. The Labute approximate surface area is 195 Å². The number of amides is 1. The number of hydrogen-bond acceptors (Lipinski definition) is 4. The van der Waals surface area contributed by atoms with Crippen LogP contribution in [0.25, 0.3) is 0 Å². The highest BCUT2D eigenvalue weighted by atomic mass is 35.5. The van der Waals surface area contributed by atoms with E-state index in [-0.39, 0.29) is 12.0 Å². The normalized spacial score (nSPS) is 25.0. The zero-order valence-corrected chi connectivity index (χ0v) is 19.6. The zero-order chi connectivity index (χ0) is 22.2. The molecule has 3 aliphatic heterocycles. The minimum Gasteiger partial charge on any atom is -0.494 e. The minimum atomic E-state index is 0.00456. The predicted molar refractivity (Wildman–Crippen MR) is 127 cm³/mol. The van der Waals surface area contributed by atoms with Crippen LogP contribution in [0.3, 0.4) is 0 Å². The van der Waals surface area contributed by atoms with E-state index in [4.69, 9.17) is 21.1 Å². The smallest absolute Gasteiger partial charge is 0.258 e. The monoisotopic (exact) mass is 454 g/mol. The van der Waals surface area contributed by atoms with Gasteiger partial charge in [0, 0.05) is 29.9 Å². The van der Waals surface area contributed by atoms with Crippen molar-refractivity contribution in [2.24, 2.45) is 0 Å². The van der Waals surface area contributed by atoms with E-state index in [1.54, 1.807) is 4.90 Å². The molecular weight excluding hydrogens is 424 g/mol. The largest absolute Gasteiger partial charge is 0.494 e. The SMILES string of the molecule is CCCOc1ccc2c(c1)CCN(c1ccc(O[C@@H]3C[C@H]4CC[C@@H](C3)N4C)c(Cl)c1)C2=O. The van der Waals surface area contributed by atoms with E-state index in [0.717, 1.165) is 48.2 Å². The summed E-state index contributed by atoms with van der Waals surface area (Å²) >= 11 is 6.61. The summed E-state index contributed by atoms with van der Waals surface area (Å²) < 4.78 is 12.0. The van der Waals surface area contributed by atoms with Gasteiger partial charge in [-0.15, -0.1) is 0 Å². The number of carbonyl (C=O) groups is 1. The third-order valence-corrected chi connectivity index (χ3v) is 7.50. The van der Waals surface area contributed by atoms with Crippen molar-refractivity contribution >= 4 is 23.2 Å². The summed E-state index contributed by atoms with van der Waals surface area (Å²) in [7, 11) is 2.23. The number of benzene rings is 2. The lowest BCUT2D eigenvalue weighted by Gasteiger charge is -2.36. The second-order valence-corrected chi connectivity index (χ2v) is 9.66. The summed E-state index contributed by atoms with van der Waals surface area (Å²) in [4.78, 5) is 17.5. The van der Waals surface area contributed by atoms with E-state index in [2.05, 4.69) is 18.9 Å². The van der Waals surface area contributed by atoms with Crippen molar-refractivity contribution in [2.75, 3.05) is 25.1 Å². The second kappa shape index (κ2) is 8.95. The van der Waals surface area contributed by atoms with E-state index < -0.39 is 0 Å². The van der Waals surface area contributed by atoms with Crippen molar-refractivity contribution < 1.29 is 14.3 Å². The van der Waals surface area contributed by atoms with Crippen LogP contribution in [0.2, 0.25) is 5.02 Å². The number of ether oxygens (including phenoxy) is 2. The Balaban J connectivity index is 1.29. The molecule has 2 bridgehead atoms. The molecule has 2 aromatic rings. The molecule has 2 fully saturated rings. The molecule has 1 amide bonds. The van der Waals surface area contributed by atoms with E-state index in [0.29, 0.717) is 36.0 Å². The highest BCUT2D eigenvalue weighted by Gasteiger charge is 2.39. The Morgan fingerprint density at radius 3 is 2.59 bits per heavy atom. The molecule has 0 saturated carbocycles. The molecule has 3 atom stereocenters. The van der Waals surface area contributed by atoms with Crippen LogP contribution in [0.5, 0.6) is 11.5 Å². The Morgan fingerprint density at radius 1 is 1.09 bits per heavy atom. The van der Waals surface area contributed by atoms with Crippen LogP contribution >= 0.6 is 11.6 Å². The molecule has 2 saturated heterocycles. The number of anilines is 1. The Kier molecular flexibility index (Phi) is 6.04. The Hall–Kier alpha value is -2.24. The first kappa shape index (κ1) is 21.6. The van der Waals surface area contributed by atoms with Gasteiger partial charge in [0.1, 0.15) is 17.6 Å². The molecule has 3 aliphatic rings. The Morgan fingerprint density at radius 2 is 1.88 bits per heavy atom. The molecule has 0 spiro atoms. The molecule has 0 aromatic heterocycles. The highest BCUT2D eigenvalue weighted by Crippen LogP contribution is 2.38. The van der Waals surface area contributed by atoms with Crippen LogP contribution in [0.4, 0.5) is 5.69 Å². The molecule has 3 heterocycles. The van der Waals surface area contributed by atoms with Crippen molar-refractivity contribution in [3.63, 3.8) is 0 Å². The van der Waals surface area contributed by atoms with E-state index in [1.807, 2.05) is 36.4 Å². The van der Waals surface area contributed by atoms with Crippen molar-refractivity contribution in [1.82, 2.24) is 4.90 Å². The van der Waals surface area contributed by atoms with Gasteiger partial charge in [-0.1, -0.05) is 18.5 Å². The third kappa shape index (κ3) is 4.08. The number of halogens is 1. The Bertz CT molecular complexity index is 997. The van der Waals surface area contributed by atoms with E-state index in [1.165, 1.54) is 12.8 Å². The molecule has 0 N–H and O–H groups in total. The molecule has 170 valence electrons. The molecule has 5 rings (SSSR count). The first-order chi connectivity index (χ1) is 15.5. The lowest BCUT2D eigenvalue weighted by Crippen LogP contribution is -2.43. The number of piperidine rings is 1. The van der Waals surface area contributed by atoms with Gasteiger partial charge in [0.25, 0.3) is 5.91 Å². The molecule has 6 heteroatoms. The zero-order valence-electron chi connectivity index (χ0n) is 18.9. The van der Waals surface area contributed by atoms with Crippen LogP contribution in [-0.4, -0.2) is 49.2 Å². The summed E-state index contributed by atoms with van der Waals surface area (Å²) in [6.45, 7) is 3.39. The van der Waals surface area contributed by atoms with Gasteiger partial charge in [-0.3, -0.25) is 4.79 Å². The van der Waals surface area contributed by atoms with E-state index in [9.17, 15) is 4.79 Å². The molecule has 5 nitrogen and oxygen atoms in total. The third-order valence-electron chi connectivity index (χ3n) is 7.21. The van der Waals surface area contributed by atoms with Crippen molar-refractivity contribution in [1.29, 1.82) is 0 Å². The molecule has 0 unspecified atom stereocenters. The van der Waals surface area contributed by atoms with Crippen LogP contribution in [-0.2, 0) is 6.42 Å². The average Bonchev–Trinajstić information content (AvgIpc) is 2.99. The number of hydrogen-bond donors (Lipinski definition) is 0. The minimum absolute atomic E-state index is 0.00456. The lowest BCUT2D eigenvalue weighted by molar-refractivity contribution is 0.0662. The number of rotatable bonds is 6. The fourth-order valence-corrected chi connectivity index (χ4v) is 5.63. The van der Waals surface area contributed by atoms with Crippen LogP contribution in [0.15, 0.2) is 36.4 Å². The van der Waals surface area contributed by atoms with Crippen LogP contribution < -0.4 is 14.4 Å². The highest BCUT2D eigenvalue weighted by molar-refractivity contribution is 6.32. The standard InChI is InChI=1S/C26H31ClN2O3/c1-3-12-31-21-7-8-23-17(13-21)10-11-29(26(23)30)20-6-9-25(24(27)16-20)32-22-14-18-4-5-19(15-22)28(18)2/h6-9,13,16,18-19,22H,3-5,10-12,14-15H2,1-2H3/t18-,19+,22-. The van der Waals surface area contributed by atoms with Gasteiger partial charge in [0.2, 0.25) is 0 Å². The van der Waals surface area contributed by atoms with E-state index >= 15 is 0 Å². The summed E-state index contributed by atoms with van der Waals surface area (Å²) in [6, 6.07) is 12.7. The van der Waals surface area contributed by atoms with Gasteiger partial charge in [-0.05, 0) is 87.5 Å². The molecule has 0 aliphatic carbocycles. The fraction of sp³-hybridized carbons (Fsp3) is 0.500. The summed E-state index contributed by atoms with van der Waals surface area (Å²) in [5.74, 6) is 1.55. The van der Waals surface area contributed by atoms with Gasteiger partial charge in [-0.2, -0.15) is 0 Å². The maximum absolute atomic E-state index is 13.2. The van der Waals surface area contributed by atoms with Crippen molar-refractivity contribution in [3.05, 3.63) is 52.5 Å². The fourth-order valence-electron chi connectivity index (χ4n) is 5.41. The summed E-state index contributed by atoms with van der Waals surface area (Å²) in [6.07, 6.45) is 6.59. The average molecular weight is 455 g/mol. The molecule has 0 radical (unpaired) electrons. The number of fused-ring (bicyclic) bond motifs is 3.